The van der Waals surface area contributed by atoms with Gasteiger partial charge in [0, 0.05) is 7.11 Å². The van der Waals surface area contributed by atoms with Crippen LogP contribution in [0.4, 0.5) is 0 Å². The third-order valence-electron chi connectivity index (χ3n) is 3.76. The van der Waals surface area contributed by atoms with Crippen molar-refractivity contribution in [1.82, 2.24) is 9.88 Å². The van der Waals surface area contributed by atoms with Crippen molar-refractivity contribution in [3.63, 3.8) is 0 Å². The van der Waals surface area contributed by atoms with Crippen molar-refractivity contribution in [3.8, 4) is 0 Å². The van der Waals surface area contributed by atoms with E-state index in [0.29, 0.717) is 5.57 Å². The molecule has 1 aromatic carbocycles. The fourth-order valence-electron chi connectivity index (χ4n) is 2.59. The number of ether oxygens (including phenoxy) is 1. The number of carbonyl (C=O) groups is 2. The van der Waals surface area contributed by atoms with Crippen LogP contribution >= 0.6 is 32.9 Å². The lowest BCUT2D eigenvalue weighted by Crippen LogP contribution is -2.68. The number of amides is 1. The van der Waals surface area contributed by atoms with Crippen LogP contribution in [0.5, 0.6) is 0 Å². The molecule has 0 bridgehead atoms. The summed E-state index contributed by atoms with van der Waals surface area (Å²) in [5.41, 5.74) is 1.33. The van der Waals surface area contributed by atoms with Crippen LogP contribution in [0.25, 0.3) is 10.2 Å². The third kappa shape index (κ3) is 3.41. The summed E-state index contributed by atoms with van der Waals surface area (Å²) in [5.74, 6) is -1.42. The van der Waals surface area contributed by atoms with Crippen LogP contribution in [0.3, 0.4) is 0 Å². The van der Waals surface area contributed by atoms with Crippen LogP contribution in [0.15, 0.2) is 40.8 Å². The lowest BCUT2D eigenvalue weighted by Gasteiger charge is -2.47. The number of carboxylic acid groups (broad SMARTS) is 1. The van der Waals surface area contributed by atoms with Gasteiger partial charge in [0.05, 0.1) is 10.2 Å². The summed E-state index contributed by atoms with van der Waals surface area (Å²) in [5, 5.41) is 9.02. The van der Waals surface area contributed by atoms with Gasteiger partial charge in [-0.15, -0.1) is 11.3 Å². The first-order valence-corrected chi connectivity index (χ1v) is 10.4. The average molecular weight is 397 g/mol. The minimum absolute atomic E-state index is 0.333. The fraction of sp³-hybridized carbons (Fsp3) is 0.312. The highest BCUT2D eigenvalue weighted by Gasteiger charge is 2.53. The Morgan fingerprint density at radius 3 is 2.80 bits per heavy atom. The topological polar surface area (TPSA) is 79.7 Å². The molecule has 0 spiro atoms. The fourth-order valence-corrected chi connectivity index (χ4v) is 6.55. The zero-order valence-corrected chi connectivity index (χ0v) is 16.0. The maximum Gasteiger partial charge on any atom is 0.330 e. The van der Waals surface area contributed by atoms with E-state index in [0.717, 1.165) is 14.6 Å². The highest BCUT2D eigenvalue weighted by molar-refractivity contribution is 8.77. The number of para-hydroxylation sites is 1. The number of aromatic nitrogens is 1. The van der Waals surface area contributed by atoms with E-state index >= 15 is 0 Å². The van der Waals surface area contributed by atoms with E-state index in [2.05, 4.69) is 11.6 Å². The number of hydrogen-bond acceptors (Lipinski definition) is 7. The molecular formula is C16H16N2O4S3. The van der Waals surface area contributed by atoms with Gasteiger partial charge in [0.2, 0.25) is 0 Å². The Morgan fingerprint density at radius 1 is 1.48 bits per heavy atom. The van der Waals surface area contributed by atoms with Crippen molar-refractivity contribution in [1.29, 1.82) is 0 Å². The van der Waals surface area contributed by atoms with Gasteiger partial charge in [0.15, 0.2) is 16.5 Å². The number of fused-ring (bicyclic) bond motifs is 1. The molecule has 1 N–H and O–H groups in total. The zero-order chi connectivity index (χ0) is 18.1. The normalized spacial score (nSPS) is 21.2. The van der Waals surface area contributed by atoms with Crippen molar-refractivity contribution in [2.45, 2.75) is 28.8 Å². The number of carbonyl (C=O) groups excluding carboxylic acids is 1. The average Bonchev–Trinajstić information content (AvgIpc) is 2.98. The summed E-state index contributed by atoms with van der Waals surface area (Å²) in [6, 6.07) is 6.79. The van der Waals surface area contributed by atoms with Gasteiger partial charge in [0.25, 0.3) is 5.91 Å². The molecule has 1 unspecified atom stereocenters. The summed E-state index contributed by atoms with van der Waals surface area (Å²) in [7, 11) is 4.25. The van der Waals surface area contributed by atoms with E-state index in [9.17, 15) is 14.7 Å². The van der Waals surface area contributed by atoms with Gasteiger partial charge >= 0.3 is 5.97 Å². The van der Waals surface area contributed by atoms with Crippen LogP contribution < -0.4 is 0 Å². The SMILES string of the molecule is C=C(C)C(C(=O)O)N1C(=O)[C@H](OC)[C@H]1SSc1nc2ccccc2s1. The highest BCUT2D eigenvalue weighted by atomic mass is 33.1. The van der Waals surface area contributed by atoms with Crippen LogP contribution in [0.2, 0.25) is 0 Å². The number of carboxylic acids is 1. The molecule has 0 radical (unpaired) electrons. The maximum atomic E-state index is 12.3. The molecule has 1 aliphatic rings. The monoisotopic (exact) mass is 396 g/mol. The van der Waals surface area contributed by atoms with Gasteiger partial charge in [0.1, 0.15) is 5.37 Å². The van der Waals surface area contributed by atoms with Crippen LogP contribution in [-0.4, -0.2) is 51.5 Å². The molecule has 132 valence electrons. The molecule has 2 aromatic rings. The number of hydrogen-bond donors (Lipinski definition) is 1. The van der Waals surface area contributed by atoms with Crippen molar-refractivity contribution in [2.24, 2.45) is 0 Å². The minimum atomic E-state index is -1.09. The van der Waals surface area contributed by atoms with Crippen LogP contribution in [-0.2, 0) is 14.3 Å². The molecule has 1 aromatic heterocycles. The molecule has 0 saturated carbocycles. The van der Waals surface area contributed by atoms with E-state index in [1.807, 2.05) is 24.3 Å². The molecule has 0 aliphatic carbocycles. The number of thiazole rings is 1. The molecule has 1 amide bonds. The first-order chi connectivity index (χ1) is 11.9. The Hall–Kier alpha value is -1.55. The first-order valence-electron chi connectivity index (χ1n) is 7.36. The summed E-state index contributed by atoms with van der Waals surface area (Å²) in [4.78, 5) is 29.7. The molecule has 3 rings (SSSR count). The molecule has 25 heavy (non-hydrogen) atoms. The first kappa shape index (κ1) is 18.2. The summed E-state index contributed by atoms with van der Waals surface area (Å²) in [6.45, 7) is 5.31. The van der Waals surface area contributed by atoms with E-state index in [1.165, 1.54) is 33.6 Å². The zero-order valence-electron chi connectivity index (χ0n) is 13.5. The number of benzene rings is 1. The Labute approximate surface area is 156 Å². The van der Waals surface area contributed by atoms with Crippen molar-refractivity contribution in [3.05, 3.63) is 36.4 Å². The molecule has 1 saturated heterocycles. The van der Waals surface area contributed by atoms with Crippen LogP contribution in [0, 0.1) is 0 Å². The lowest BCUT2D eigenvalue weighted by atomic mass is 10.0. The van der Waals surface area contributed by atoms with Crippen molar-refractivity contribution in [2.75, 3.05) is 7.11 Å². The lowest BCUT2D eigenvalue weighted by molar-refractivity contribution is -0.171. The van der Waals surface area contributed by atoms with Crippen molar-refractivity contribution >= 4 is 55.0 Å². The Kier molecular flexibility index (Phi) is 5.38. The molecule has 2 heterocycles. The molecule has 9 heteroatoms. The standard InChI is InChI=1S/C16H16N2O4S3/c1-8(2)11(15(20)21)18-13(19)12(22-3)14(18)24-25-16-17-9-6-4-5-7-10(9)23-16/h4-7,11-12,14H,1H2,2-3H3,(H,20,21)/t11?,12-,14+/m0/s1. The van der Waals surface area contributed by atoms with Crippen LogP contribution in [0.1, 0.15) is 6.92 Å². The predicted molar refractivity (Wildman–Crippen MR) is 101 cm³/mol. The number of likely N-dealkylation sites (tertiary alicyclic amines) is 1. The summed E-state index contributed by atoms with van der Waals surface area (Å²) < 4.78 is 7.17. The number of β-lactam (4-membered cyclic amide) rings is 1. The summed E-state index contributed by atoms with van der Waals surface area (Å²) >= 11 is 1.56. The molecule has 3 atom stereocenters. The second-order valence-electron chi connectivity index (χ2n) is 5.51. The maximum absolute atomic E-state index is 12.3. The van der Waals surface area contributed by atoms with Gasteiger partial charge in [-0.05, 0) is 35.4 Å². The smallest absolute Gasteiger partial charge is 0.330 e. The van der Waals surface area contributed by atoms with E-state index in [1.54, 1.807) is 18.3 Å². The van der Waals surface area contributed by atoms with E-state index < -0.39 is 23.5 Å². The third-order valence-corrected chi connectivity index (χ3v) is 7.76. The predicted octanol–water partition coefficient (Wildman–Crippen LogP) is 3.25. The van der Waals surface area contributed by atoms with Gasteiger partial charge in [-0.1, -0.05) is 29.5 Å². The number of rotatable bonds is 7. The Bertz CT molecular complexity index is 791. The Morgan fingerprint density at radius 2 is 2.20 bits per heavy atom. The van der Waals surface area contributed by atoms with E-state index in [4.69, 9.17) is 4.74 Å². The summed E-state index contributed by atoms with van der Waals surface area (Å²) in [6.07, 6.45) is -0.659. The number of methoxy groups -OCH3 is 1. The van der Waals surface area contributed by atoms with Gasteiger partial charge in [-0.2, -0.15) is 0 Å². The number of aliphatic carboxylic acids is 1. The second kappa shape index (κ2) is 7.36. The highest BCUT2D eigenvalue weighted by Crippen LogP contribution is 2.45. The van der Waals surface area contributed by atoms with Crippen molar-refractivity contribution < 1.29 is 19.4 Å². The molecule has 6 nitrogen and oxygen atoms in total. The van der Waals surface area contributed by atoms with Gasteiger partial charge < -0.3 is 14.7 Å². The largest absolute Gasteiger partial charge is 0.479 e. The second-order valence-corrected chi connectivity index (χ2v) is 9.10. The molecular weight excluding hydrogens is 380 g/mol. The minimum Gasteiger partial charge on any atom is -0.479 e. The van der Waals surface area contributed by atoms with Gasteiger partial charge in [-0.3, -0.25) is 4.79 Å². The van der Waals surface area contributed by atoms with Gasteiger partial charge in [-0.25, -0.2) is 9.78 Å². The Balaban J connectivity index is 1.76. The van der Waals surface area contributed by atoms with E-state index in [-0.39, 0.29) is 5.91 Å². The number of nitrogens with zero attached hydrogens (tertiary/aromatic N) is 2. The quantitative estimate of drug-likeness (QED) is 0.437. The molecule has 1 aliphatic heterocycles. The molecule has 1 fully saturated rings.